The first kappa shape index (κ1) is 10.6. The molecule has 3 nitrogen and oxygen atoms in total. The third-order valence-electron chi connectivity index (χ3n) is 2.97. The molecule has 0 radical (unpaired) electrons. The normalized spacial score (nSPS) is 11.5. The molecule has 0 aliphatic rings. The summed E-state index contributed by atoms with van der Waals surface area (Å²) in [5.74, 6) is 0. The number of rotatable bonds is 1. The molecule has 1 aromatic carbocycles. The fourth-order valence-corrected chi connectivity index (χ4v) is 2.63. The Balaban J connectivity index is 2.58. The van der Waals surface area contributed by atoms with Gasteiger partial charge in [-0.25, -0.2) is 0 Å². The highest BCUT2D eigenvalue weighted by molar-refractivity contribution is 7.98. The zero-order chi connectivity index (χ0) is 12.0. The van der Waals surface area contributed by atoms with Crippen LogP contribution in [0.25, 0.3) is 16.6 Å². The summed E-state index contributed by atoms with van der Waals surface area (Å²) in [6.07, 6.45) is 2.03. The van der Waals surface area contributed by atoms with Crippen LogP contribution < -0.4 is 0 Å². The molecule has 0 unspecified atom stereocenters. The van der Waals surface area contributed by atoms with Gasteiger partial charge in [0.15, 0.2) is 10.8 Å². The van der Waals surface area contributed by atoms with Crippen molar-refractivity contribution in [2.45, 2.75) is 19.0 Å². The number of hydrogen-bond donors (Lipinski definition) is 0. The lowest BCUT2D eigenvalue weighted by atomic mass is 10.1. The monoisotopic (exact) mass is 243 g/mol. The Hall–Kier alpha value is -1.55. The first-order valence-corrected chi connectivity index (χ1v) is 6.72. The Morgan fingerprint density at radius 3 is 2.71 bits per heavy atom. The van der Waals surface area contributed by atoms with Crippen LogP contribution in [0, 0.1) is 13.8 Å². The maximum Gasteiger partial charge on any atom is 0.195 e. The van der Waals surface area contributed by atoms with E-state index in [1.165, 1.54) is 16.5 Å². The Kier molecular flexibility index (Phi) is 2.33. The van der Waals surface area contributed by atoms with Gasteiger partial charge in [-0.3, -0.25) is 4.40 Å². The van der Waals surface area contributed by atoms with Gasteiger partial charge in [0.25, 0.3) is 0 Å². The molecule has 0 N–H and O–H groups in total. The van der Waals surface area contributed by atoms with E-state index in [0.717, 1.165) is 16.4 Å². The lowest BCUT2D eigenvalue weighted by Crippen LogP contribution is -1.93. The number of benzene rings is 1. The SMILES string of the molecule is CSc1nnc2c(C)cc3ccc(C)cc3n12. The summed E-state index contributed by atoms with van der Waals surface area (Å²) in [5.41, 5.74) is 4.55. The Morgan fingerprint density at radius 2 is 1.94 bits per heavy atom. The average molecular weight is 243 g/mol. The van der Waals surface area contributed by atoms with Gasteiger partial charge < -0.3 is 0 Å². The molecule has 3 rings (SSSR count). The summed E-state index contributed by atoms with van der Waals surface area (Å²) < 4.78 is 2.14. The summed E-state index contributed by atoms with van der Waals surface area (Å²) in [6.45, 7) is 4.18. The van der Waals surface area contributed by atoms with Gasteiger partial charge in [0.05, 0.1) is 5.52 Å². The van der Waals surface area contributed by atoms with Gasteiger partial charge in [-0.2, -0.15) is 0 Å². The number of thioether (sulfide) groups is 1. The fraction of sp³-hybridized carbons (Fsp3) is 0.231. The van der Waals surface area contributed by atoms with E-state index in [2.05, 4.69) is 52.7 Å². The van der Waals surface area contributed by atoms with E-state index in [0.29, 0.717) is 0 Å². The second-order valence-corrected chi connectivity index (χ2v) is 5.01. The van der Waals surface area contributed by atoms with Crippen molar-refractivity contribution in [3.8, 4) is 0 Å². The van der Waals surface area contributed by atoms with Gasteiger partial charge in [0.1, 0.15) is 0 Å². The van der Waals surface area contributed by atoms with Gasteiger partial charge in [0.2, 0.25) is 0 Å². The van der Waals surface area contributed by atoms with Crippen molar-refractivity contribution in [3.05, 3.63) is 35.4 Å². The van der Waals surface area contributed by atoms with Crippen LogP contribution in [-0.2, 0) is 0 Å². The molecule has 2 heterocycles. The first-order chi connectivity index (χ1) is 8.20. The molecule has 4 heteroatoms. The van der Waals surface area contributed by atoms with Crippen LogP contribution >= 0.6 is 11.8 Å². The van der Waals surface area contributed by atoms with Crippen LogP contribution in [0.4, 0.5) is 0 Å². The highest BCUT2D eigenvalue weighted by Crippen LogP contribution is 2.25. The minimum Gasteiger partial charge on any atom is -0.270 e. The first-order valence-electron chi connectivity index (χ1n) is 5.50. The third kappa shape index (κ3) is 1.52. The third-order valence-corrected chi connectivity index (χ3v) is 3.60. The van der Waals surface area contributed by atoms with Crippen molar-refractivity contribution < 1.29 is 0 Å². The van der Waals surface area contributed by atoms with Gasteiger partial charge in [-0.05, 0) is 48.7 Å². The van der Waals surface area contributed by atoms with Gasteiger partial charge in [-0.15, -0.1) is 10.2 Å². The summed E-state index contributed by atoms with van der Waals surface area (Å²) in [4.78, 5) is 0. The topological polar surface area (TPSA) is 30.2 Å². The van der Waals surface area contributed by atoms with Gasteiger partial charge in [0, 0.05) is 0 Å². The molecule has 0 atom stereocenters. The van der Waals surface area contributed by atoms with Crippen molar-refractivity contribution in [3.63, 3.8) is 0 Å². The van der Waals surface area contributed by atoms with Gasteiger partial charge >= 0.3 is 0 Å². The van der Waals surface area contributed by atoms with Crippen LogP contribution in [0.2, 0.25) is 0 Å². The molecule has 0 fully saturated rings. The predicted octanol–water partition coefficient (Wildman–Crippen LogP) is 3.22. The minimum atomic E-state index is 0.944. The molecule has 0 aliphatic heterocycles. The Bertz CT molecular complexity index is 715. The van der Waals surface area contributed by atoms with Crippen molar-refractivity contribution in [1.29, 1.82) is 0 Å². The van der Waals surface area contributed by atoms with Crippen LogP contribution in [0.1, 0.15) is 11.1 Å². The number of fused-ring (bicyclic) bond motifs is 3. The van der Waals surface area contributed by atoms with E-state index >= 15 is 0 Å². The van der Waals surface area contributed by atoms with Crippen molar-refractivity contribution >= 4 is 28.3 Å². The molecule has 2 aromatic heterocycles. The molecule has 0 bridgehead atoms. The van der Waals surface area contributed by atoms with E-state index in [9.17, 15) is 0 Å². The van der Waals surface area contributed by atoms with Crippen LogP contribution in [0.5, 0.6) is 0 Å². The molecule has 3 aromatic rings. The maximum absolute atomic E-state index is 4.26. The summed E-state index contributed by atoms with van der Waals surface area (Å²) in [5, 5.41) is 10.7. The smallest absolute Gasteiger partial charge is 0.195 e. The molecule has 0 spiro atoms. The van der Waals surface area contributed by atoms with E-state index in [-0.39, 0.29) is 0 Å². The summed E-state index contributed by atoms with van der Waals surface area (Å²) in [7, 11) is 0. The lowest BCUT2D eigenvalue weighted by molar-refractivity contribution is 0.943. The zero-order valence-corrected chi connectivity index (χ0v) is 10.9. The van der Waals surface area contributed by atoms with E-state index in [1.54, 1.807) is 11.8 Å². The average Bonchev–Trinajstić information content (AvgIpc) is 2.75. The maximum atomic E-state index is 4.26. The highest BCUT2D eigenvalue weighted by atomic mass is 32.2. The van der Waals surface area contributed by atoms with Gasteiger partial charge in [-0.1, -0.05) is 23.9 Å². The molecule has 86 valence electrons. The van der Waals surface area contributed by atoms with Crippen molar-refractivity contribution in [2.24, 2.45) is 0 Å². The molecule has 0 saturated carbocycles. The number of nitrogens with zero attached hydrogens (tertiary/aromatic N) is 3. The Morgan fingerprint density at radius 1 is 1.12 bits per heavy atom. The lowest BCUT2D eigenvalue weighted by Gasteiger charge is -2.06. The molecule has 0 amide bonds. The van der Waals surface area contributed by atoms with Crippen molar-refractivity contribution in [2.75, 3.05) is 6.26 Å². The quantitative estimate of drug-likeness (QED) is 0.615. The fourth-order valence-electron chi connectivity index (χ4n) is 2.14. The second-order valence-electron chi connectivity index (χ2n) is 4.24. The number of hydrogen-bond acceptors (Lipinski definition) is 3. The van der Waals surface area contributed by atoms with Crippen LogP contribution in [0.3, 0.4) is 0 Å². The van der Waals surface area contributed by atoms with Crippen molar-refractivity contribution in [1.82, 2.24) is 14.6 Å². The second kappa shape index (κ2) is 3.74. The molecular weight excluding hydrogens is 230 g/mol. The highest BCUT2D eigenvalue weighted by Gasteiger charge is 2.10. The molecule has 17 heavy (non-hydrogen) atoms. The van der Waals surface area contributed by atoms with E-state index in [4.69, 9.17) is 0 Å². The number of aryl methyl sites for hydroxylation is 2. The predicted molar refractivity (Wildman–Crippen MR) is 71.7 cm³/mol. The molecular formula is C13H13N3S. The van der Waals surface area contributed by atoms with E-state index in [1.807, 2.05) is 6.26 Å². The zero-order valence-electron chi connectivity index (χ0n) is 10.1. The number of aromatic nitrogens is 3. The summed E-state index contributed by atoms with van der Waals surface area (Å²) >= 11 is 1.62. The number of pyridine rings is 1. The van der Waals surface area contributed by atoms with Crippen LogP contribution in [-0.4, -0.2) is 20.9 Å². The van der Waals surface area contributed by atoms with Crippen LogP contribution in [0.15, 0.2) is 29.4 Å². The standard InChI is InChI=1S/C13H13N3S/c1-8-4-5-10-7-9(2)12-14-15-13(17-3)16(12)11(10)6-8/h4-7H,1-3H3. The Labute approximate surface area is 104 Å². The van der Waals surface area contributed by atoms with E-state index < -0.39 is 0 Å². The molecule has 0 saturated heterocycles. The summed E-state index contributed by atoms with van der Waals surface area (Å²) in [6, 6.07) is 8.64. The minimum absolute atomic E-state index is 0.944. The molecule has 0 aliphatic carbocycles. The largest absolute Gasteiger partial charge is 0.270 e.